The number of fused-ring (bicyclic) bond motifs is 1. The second-order valence-electron chi connectivity index (χ2n) is 10.1. The molecule has 0 amide bonds. The highest BCUT2D eigenvalue weighted by Crippen LogP contribution is 2.42. The maximum absolute atomic E-state index is 12.8. The lowest BCUT2D eigenvalue weighted by Gasteiger charge is -2.45. The number of phenols is 1. The average molecular weight is 565 g/mol. The van der Waals surface area contributed by atoms with Crippen LogP contribution >= 0.6 is 0 Å². The molecule has 3 aliphatic heterocycles. The normalized spacial score (nSPS) is 37.9. The summed E-state index contributed by atoms with van der Waals surface area (Å²) in [6.45, 7) is 0.746. The Kier molecular flexibility index (Phi) is 8.29. The minimum Gasteiger partial charge on any atom is -0.507 e. The van der Waals surface area contributed by atoms with E-state index < -0.39 is 79.9 Å². The molecule has 0 spiro atoms. The van der Waals surface area contributed by atoms with E-state index in [1.54, 1.807) is 24.3 Å². The van der Waals surface area contributed by atoms with Gasteiger partial charge in [-0.1, -0.05) is 30.3 Å². The smallest absolute Gasteiger partial charge is 0.229 e. The number of ether oxygens (including phenoxy) is 5. The third-order valence-electron chi connectivity index (χ3n) is 7.32. The summed E-state index contributed by atoms with van der Waals surface area (Å²) in [5.74, 6) is -0.782. The van der Waals surface area contributed by atoms with Crippen LogP contribution in [0.2, 0.25) is 0 Å². The highest BCUT2D eigenvalue weighted by molar-refractivity contribution is 6.02. The fourth-order valence-corrected chi connectivity index (χ4v) is 5.05. The van der Waals surface area contributed by atoms with Crippen LogP contribution in [-0.2, 0) is 14.2 Å². The average Bonchev–Trinajstić information content (AvgIpc) is 2.94. The topological polar surface area (TPSA) is 205 Å². The molecular formula is C27H32O13. The molecule has 3 aliphatic rings. The summed E-state index contributed by atoms with van der Waals surface area (Å²) in [4.78, 5) is 12.8. The number of hydrogen-bond donors (Lipinski definition) is 7. The van der Waals surface area contributed by atoms with Crippen molar-refractivity contribution >= 4 is 5.78 Å². The summed E-state index contributed by atoms with van der Waals surface area (Å²) in [5.41, 5.74) is 0.729. The molecule has 5 rings (SSSR count). The SMILES string of the molecule is C[C@@H]1O[C@@H](O[C@H]2[C@H](Oc3cc(O)c4c(c3)OC(c3ccccc3)CC4=O)O[C@H](CO)[C@@H](O)[C@@H]2O)[C@H](O)[C@H](O)[C@H]1O. The molecule has 0 radical (unpaired) electrons. The van der Waals surface area contributed by atoms with Crippen LogP contribution in [-0.4, -0.2) is 110 Å². The van der Waals surface area contributed by atoms with Gasteiger partial charge in [-0.05, 0) is 12.5 Å². The van der Waals surface area contributed by atoms with Crippen molar-refractivity contribution in [3.05, 3.63) is 53.6 Å². The van der Waals surface area contributed by atoms with Gasteiger partial charge in [0.1, 0.15) is 65.5 Å². The van der Waals surface area contributed by atoms with Crippen molar-refractivity contribution in [1.82, 2.24) is 0 Å². The van der Waals surface area contributed by atoms with Crippen LogP contribution in [0.3, 0.4) is 0 Å². The van der Waals surface area contributed by atoms with Crippen molar-refractivity contribution in [2.45, 2.75) is 80.9 Å². The van der Waals surface area contributed by atoms with E-state index >= 15 is 0 Å². The quantitative estimate of drug-likeness (QED) is 0.228. The standard InChI is InChI=1S/C27H32O13/c1-11-20(31)22(33)24(35)26(36-11)40-25-23(34)21(32)18(10-28)39-27(25)37-13-7-14(29)19-15(30)9-16(38-17(19)8-13)12-5-3-2-4-6-12/h2-8,11,16,18,20-29,31-35H,9-10H2,1H3/t11-,16?,18+,20-,21+,22+,23-,24+,25+,26-,27+/m0/s1. The molecule has 0 bridgehead atoms. The van der Waals surface area contributed by atoms with Crippen LogP contribution in [0.15, 0.2) is 42.5 Å². The summed E-state index contributed by atoms with van der Waals surface area (Å²) in [6, 6.07) is 11.5. The molecule has 0 aromatic heterocycles. The van der Waals surface area contributed by atoms with Gasteiger partial charge in [-0.2, -0.15) is 0 Å². The minimum absolute atomic E-state index is 0.0113. The highest BCUT2D eigenvalue weighted by atomic mass is 16.8. The summed E-state index contributed by atoms with van der Waals surface area (Å²) < 4.78 is 28.7. The first-order valence-electron chi connectivity index (χ1n) is 12.8. The van der Waals surface area contributed by atoms with Gasteiger partial charge in [-0.3, -0.25) is 4.79 Å². The first-order chi connectivity index (χ1) is 19.1. The molecular weight excluding hydrogens is 532 g/mol. The van der Waals surface area contributed by atoms with Crippen molar-refractivity contribution in [2.24, 2.45) is 0 Å². The molecule has 0 aliphatic carbocycles. The molecule has 2 aromatic carbocycles. The Hall–Kier alpha value is -2.85. The molecule has 2 aromatic rings. The molecule has 40 heavy (non-hydrogen) atoms. The number of benzene rings is 2. The Labute approximate surface area is 228 Å². The van der Waals surface area contributed by atoms with Crippen LogP contribution in [0.1, 0.15) is 35.4 Å². The Morgan fingerprint density at radius 1 is 0.900 bits per heavy atom. The van der Waals surface area contributed by atoms with Gasteiger partial charge in [0, 0.05) is 12.1 Å². The zero-order valence-corrected chi connectivity index (χ0v) is 21.4. The van der Waals surface area contributed by atoms with E-state index in [-0.39, 0.29) is 29.3 Å². The van der Waals surface area contributed by atoms with E-state index in [9.17, 15) is 40.5 Å². The zero-order chi connectivity index (χ0) is 28.7. The van der Waals surface area contributed by atoms with E-state index in [2.05, 4.69) is 0 Å². The molecule has 0 saturated carbocycles. The van der Waals surface area contributed by atoms with Crippen LogP contribution in [0.4, 0.5) is 0 Å². The van der Waals surface area contributed by atoms with Crippen LogP contribution in [0.5, 0.6) is 17.2 Å². The van der Waals surface area contributed by atoms with Crippen molar-refractivity contribution in [2.75, 3.05) is 6.61 Å². The molecule has 2 saturated heterocycles. The number of aliphatic hydroxyl groups excluding tert-OH is 6. The fraction of sp³-hybridized carbons (Fsp3) is 0.519. The Morgan fingerprint density at radius 2 is 1.62 bits per heavy atom. The second kappa shape index (κ2) is 11.6. The zero-order valence-electron chi connectivity index (χ0n) is 21.4. The van der Waals surface area contributed by atoms with E-state index in [1.165, 1.54) is 13.0 Å². The third kappa shape index (κ3) is 5.40. The first kappa shape index (κ1) is 28.7. The number of carbonyl (C=O) groups is 1. The predicted molar refractivity (Wildman–Crippen MR) is 132 cm³/mol. The first-order valence-corrected chi connectivity index (χ1v) is 12.8. The van der Waals surface area contributed by atoms with E-state index in [4.69, 9.17) is 23.7 Å². The van der Waals surface area contributed by atoms with Gasteiger partial charge in [-0.15, -0.1) is 0 Å². The van der Waals surface area contributed by atoms with Crippen molar-refractivity contribution < 1.29 is 64.2 Å². The molecule has 11 atom stereocenters. The lowest BCUT2D eigenvalue weighted by atomic mass is 9.95. The van der Waals surface area contributed by atoms with Crippen LogP contribution in [0, 0.1) is 0 Å². The molecule has 2 fully saturated rings. The number of aliphatic hydroxyl groups is 6. The second-order valence-corrected chi connectivity index (χ2v) is 10.1. The molecule has 13 nitrogen and oxygen atoms in total. The van der Waals surface area contributed by atoms with Gasteiger partial charge < -0.3 is 59.4 Å². The number of phenolic OH excluding ortho intramolecular Hbond substituents is 1. The van der Waals surface area contributed by atoms with Crippen LogP contribution < -0.4 is 9.47 Å². The van der Waals surface area contributed by atoms with Gasteiger partial charge in [0.25, 0.3) is 0 Å². The molecule has 3 heterocycles. The van der Waals surface area contributed by atoms with Gasteiger partial charge in [0.2, 0.25) is 6.29 Å². The van der Waals surface area contributed by atoms with Gasteiger partial charge >= 0.3 is 0 Å². The number of ketones is 1. The summed E-state index contributed by atoms with van der Waals surface area (Å²) in [6.07, 6.45) is -15.6. The summed E-state index contributed by atoms with van der Waals surface area (Å²) in [5, 5.41) is 72.1. The minimum atomic E-state index is -1.73. The Morgan fingerprint density at radius 3 is 2.33 bits per heavy atom. The summed E-state index contributed by atoms with van der Waals surface area (Å²) >= 11 is 0. The Bertz CT molecular complexity index is 1190. The lowest BCUT2D eigenvalue weighted by Crippen LogP contribution is -2.64. The molecule has 7 N–H and O–H groups in total. The highest BCUT2D eigenvalue weighted by Gasteiger charge is 2.51. The third-order valence-corrected chi connectivity index (χ3v) is 7.32. The number of hydrogen-bond acceptors (Lipinski definition) is 13. The van der Waals surface area contributed by atoms with Gasteiger partial charge in [0.05, 0.1) is 19.1 Å². The summed E-state index contributed by atoms with van der Waals surface area (Å²) in [7, 11) is 0. The van der Waals surface area contributed by atoms with Gasteiger partial charge in [0.15, 0.2) is 18.2 Å². The van der Waals surface area contributed by atoms with Gasteiger partial charge in [-0.25, -0.2) is 0 Å². The van der Waals surface area contributed by atoms with Crippen molar-refractivity contribution in [3.8, 4) is 17.2 Å². The number of aromatic hydroxyl groups is 1. The maximum atomic E-state index is 12.8. The monoisotopic (exact) mass is 564 g/mol. The molecule has 1 unspecified atom stereocenters. The van der Waals surface area contributed by atoms with Crippen molar-refractivity contribution in [1.29, 1.82) is 0 Å². The van der Waals surface area contributed by atoms with Crippen LogP contribution in [0.25, 0.3) is 0 Å². The van der Waals surface area contributed by atoms with E-state index in [0.717, 1.165) is 11.6 Å². The Balaban J connectivity index is 1.41. The number of carbonyl (C=O) groups excluding carboxylic acids is 1. The maximum Gasteiger partial charge on any atom is 0.229 e. The number of Topliss-reactive ketones (excluding diaryl/α,β-unsaturated/α-hetero) is 1. The van der Waals surface area contributed by atoms with E-state index in [0.29, 0.717) is 0 Å². The molecule has 13 heteroatoms. The largest absolute Gasteiger partial charge is 0.507 e. The predicted octanol–water partition coefficient (Wildman–Crippen LogP) is -0.871. The van der Waals surface area contributed by atoms with E-state index in [1.807, 2.05) is 6.07 Å². The fourth-order valence-electron chi connectivity index (χ4n) is 5.05. The molecule has 218 valence electrons. The van der Waals surface area contributed by atoms with Crippen molar-refractivity contribution in [3.63, 3.8) is 0 Å². The number of rotatable bonds is 6. The lowest BCUT2D eigenvalue weighted by molar-refractivity contribution is -0.354.